The lowest BCUT2D eigenvalue weighted by atomic mass is 10.0. The molecule has 2 heterocycles. The van der Waals surface area contributed by atoms with E-state index in [1.807, 2.05) is 0 Å². The average Bonchev–Trinajstić information content (AvgIpc) is 3.02. The fourth-order valence-corrected chi connectivity index (χ4v) is 3.87. The van der Waals surface area contributed by atoms with E-state index in [-0.39, 0.29) is 17.9 Å². The first-order valence-corrected chi connectivity index (χ1v) is 9.59. The van der Waals surface area contributed by atoms with E-state index in [0.29, 0.717) is 29.2 Å². The van der Waals surface area contributed by atoms with Crippen LogP contribution in [0, 0.1) is 0 Å². The van der Waals surface area contributed by atoms with Crippen molar-refractivity contribution in [2.24, 2.45) is 0 Å². The van der Waals surface area contributed by atoms with Crippen LogP contribution < -0.4 is 10.2 Å². The SMILES string of the molecule is CCCN1CCC(NC(=O)c2ccc(Cl)cc2N2CCCC2=O)CC1. The zero-order valence-electron chi connectivity index (χ0n) is 14.8. The maximum Gasteiger partial charge on any atom is 0.253 e. The summed E-state index contributed by atoms with van der Waals surface area (Å²) in [7, 11) is 0. The predicted molar refractivity (Wildman–Crippen MR) is 100 cm³/mol. The molecule has 0 bridgehead atoms. The fourth-order valence-electron chi connectivity index (χ4n) is 3.70. The first-order valence-electron chi connectivity index (χ1n) is 9.21. The second-order valence-corrected chi connectivity index (χ2v) is 7.34. The molecule has 6 heteroatoms. The van der Waals surface area contributed by atoms with E-state index < -0.39 is 0 Å². The summed E-state index contributed by atoms with van der Waals surface area (Å²) in [5.41, 5.74) is 1.17. The van der Waals surface area contributed by atoms with Gasteiger partial charge >= 0.3 is 0 Å². The van der Waals surface area contributed by atoms with E-state index in [2.05, 4.69) is 17.1 Å². The number of hydrogen-bond donors (Lipinski definition) is 1. The molecule has 0 saturated carbocycles. The standard InChI is InChI=1S/C19H26ClN3O2/c1-2-9-22-11-7-15(8-12-22)21-19(25)16-6-5-14(20)13-17(16)23-10-3-4-18(23)24/h5-6,13,15H,2-4,7-12H2,1H3,(H,21,25). The zero-order chi connectivity index (χ0) is 17.8. The van der Waals surface area contributed by atoms with Crippen LogP contribution >= 0.6 is 11.6 Å². The topological polar surface area (TPSA) is 52.7 Å². The number of carbonyl (C=O) groups excluding carboxylic acids is 2. The molecule has 1 aromatic rings. The summed E-state index contributed by atoms with van der Waals surface area (Å²) >= 11 is 6.11. The van der Waals surface area contributed by atoms with Gasteiger partial charge < -0.3 is 15.1 Å². The largest absolute Gasteiger partial charge is 0.349 e. The maximum atomic E-state index is 12.8. The summed E-state index contributed by atoms with van der Waals surface area (Å²) in [4.78, 5) is 29.0. The van der Waals surface area contributed by atoms with E-state index >= 15 is 0 Å². The van der Waals surface area contributed by atoms with Crippen LogP contribution in [0.1, 0.15) is 49.4 Å². The van der Waals surface area contributed by atoms with Crippen LogP contribution in [0.2, 0.25) is 5.02 Å². The molecule has 0 aromatic heterocycles. The highest BCUT2D eigenvalue weighted by atomic mass is 35.5. The third kappa shape index (κ3) is 4.33. The van der Waals surface area contributed by atoms with Crippen LogP contribution in [0.5, 0.6) is 0 Å². The molecule has 25 heavy (non-hydrogen) atoms. The second-order valence-electron chi connectivity index (χ2n) is 6.90. The lowest BCUT2D eigenvalue weighted by Crippen LogP contribution is -2.45. The molecule has 0 spiro atoms. The third-order valence-corrected chi connectivity index (χ3v) is 5.27. The van der Waals surface area contributed by atoms with Crippen LogP contribution in [0.15, 0.2) is 18.2 Å². The molecule has 2 saturated heterocycles. The highest BCUT2D eigenvalue weighted by Crippen LogP contribution is 2.29. The van der Waals surface area contributed by atoms with Crippen LogP contribution in [-0.2, 0) is 4.79 Å². The molecule has 2 aliphatic heterocycles. The molecule has 0 aliphatic carbocycles. The maximum absolute atomic E-state index is 12.8. The minimum absolute atomic E-state index is 0.0594. The van der Waals surface area contributed by atoms with Gasteiger partial charge in [0.2, 0.25) is 5.91 Å². The molecule has 136 valence electrons. The molecule has 5 nitrogen and oxygen atoms in total. The number of benzene rings is 1. The van der Waals surface area contributed by atoms with Gasteiger partial charge in [0.15, 0.2) is 0 Å². The van der Waals surface area contributed by atoms with Gasteiger partial charge in [0.1, 0.15) is 0 Å². The quantitative estimate of drug-likeness (QED) is 0.874. The molecule has 1 aromatic carbocycles. The smallest absolute Gasteiger partial charge is 0.253 e. The molecule has 2 fully saturated rings. The van der Waals surface area contributed by atoms with Gasteiger partial charge in [-0.3, -0.25) is 9.59 Å². The Morgan fingerprint density at radius 2 is 2.04 bits per heavy atom. The van der Waals surface area contributed by atoms with Gasteiger partial charge in [-0.05, 0) is 50.4 Å². The van der Waals surface area contributed by atoms with Crippen molar-refractivity contribution in [3.8, 4) is 0 Å². The number of halogens is 1. The summed E-state index contributed by atoms with van der Waals surface area (Å²) in [5.74, 6) is -0.0514. The van der Waals surface area contributed by atoms with E-state index in [1.54, 1.807) is 23.1 Å². The molecule has 1 N–H and O–H groups in total. The normalized spacial score (nSPS) is 19.4. The van der Waals surface area contributed by atoms with Crippen LogP contribution in [0.3, 0.4) is 0 Å². The lowest BCUT2D eigenvalue weighted by molar-refractivity contribution is -0.117. The van der Waals surface area contributed by atoms with Gasteiger partial charge in [-0.15, -0.1) is 0 Å². The Morgan fingerprint density at radius 1 is 1.28 bits per heavy atom. The summed E-state index contributed by atoms with van der Waals surface area (Å²) in [6.07, 6.45) is 4.45. The van der Waals surface area contributed by atoms with Crippen molar-refractivity contribution in [1.29, 1.82) is 0 Å². The Hall–Kier alpha value is -1.59. The van der Waals surface area contributed by atoms with Gasteiger partial charge in [0.25, 0.3) is 5.91 Å². The van der Waals surface area contributed by atoms with Gasteiger partial charge in [-0.1, -0.05) is 18.5 Å². The molecule has 3 rings (SSSR count). The van der Waals surface area contributed by atoms with Gasteiger partial charge in [-0.25, -0.2) is 0 Å². The summed E-state index contributed by atoms with van der Waals surface area (Å²) in [6.45, 7) is 6.01. The molecule has 2 aliphatic rings. The number of nitrogens with zero attached hydrogens (tertiary/aromatic N) is 2. The number of rotatable bonds is 5. The van der Waals surface area contributed by atoms with Crippen LogP contribution in [0.4, 0.5) is 5.69 Å². The fraction of sp³-hybridized carbons (Fsp3) is 0.579. The van der Waals surface area contributed by atoms with E-state index in [4.69, 9.17) is 11.6 Å². The monoisotopic (exact) mass is 363 g/mol. The number of amides is 2. The Morgan fingerprint density at radius 3 is 2.68 bits per heavy atom. The predicted octanol–water partition coefficient (Wildman–Crippen LogP) is 3.07. The molecular weight excluding hydrogens is 338 g/mol. The number of likely N-dealkylation sites (tertiary alicyclic amines) is 1. The molecule has 0 atom stereocenters. The third-order valence-electron chi connectivity index (χ3n) is 5.03. The highest BCUT2D eigenvalue weighted by Gasteiger charge is 2.27. The van der Waals surface area contributed by atoms with Crippen molar-refractivity contribution in [2.75, 3.05) is 31.1 Å². The second kappa shape index (κ2) is 8.19. The molecule has 2 amide bonds. The summed E-state index contributed by atoms with van der Waals surface area (Å²) in [6, 6.07) is 5.36. The summed E-state index contributed by atoms with van der Waals surface area (Å²) < 4.78 is 0. The number of hydrogen-bond acceptors (Lipinski definition) is 3. The van der Waals surface area contributed by atoms with Crippen molar-refractivity contribution in [3.63, 3.8) is 0 Å². The van der Waals surface area contributed by atoms with E-state index in [9.17, 15) is 9.59 Å². The minimum atomic E-state index is -0.111. The van der Waals surface area contributed by atoms with Crippen molar-refractivity contribution < 1.29 is 9.59 Å². The van der Waals surface area contributed by atoms with Gasteiger partial charge in [0, 0.05) is 37.1 Å². The number of anilines is 1. The lowest BCUT2D eigenvalue weighted by Gasteiger charge is -2.32. The number of nitrogens with one attached hydrogen (secondary N) is 1. The number of piperidine rings is 1. The molecule has 0 radical (unpaired) electrons. The Balaban J connectivity index is 1.69. The zero-order valence-corrected chi connectivity index (χ0v) is 15.5. The highest BCUT2D eigenvalue weighted by molar-refractivity contribution is 6.31. The Labute approximate surface area is 154 Å². The Bertz CT molecular complexity index is 642. The van der Waals surface area contributed by atoms with Crippen molar-refractivity contribution >= 4 is 29.1 Å². The number of carbonyl (C=O) groups is 2. The molecule has 0 unspecified atom stereocenters. The average molecular weight is 364 g/mol. The molecular formula is C19H26ClN3O2. The first-order chi connectivity index (χ1) is 12.1. The van der Waals surface area contributed by atoms with Crippen molar-refractivity contribution in [3.05, 3.63) is 28.8 Å². The van der Waals surface area contributed by atoms with Crippen molar-refractivity contribution in [2.45, 2.75) is 45.1 Å². The Kier molecular flexibility index (Phi) is 5.97. The van der Waals surface area contributed by atoms with Gasteiger partial charge in [0.05, 0.1) is 11.3 Å². The van der Waals surface area contributed by atoms with Crippen LogP contribution in [-0.4, -0.2) is 48.9 Å². The minimum Gasteiger partial charge on any atom is -0.349 e. The van der Waals surface area contributed by atoms with E-state index in [1.165, 1.54) is 0 Å². The van der Waals surface area contributed by atoms with Gasteiger partial charge in [-0.2, -0.15) is 0 Å². The first kappa shape index (κ1) is 18.2. The van der Waals surface area contributed by atoms with E-state index in [0.717, 1.165) is 45.3 Å². The van der Waals surface area contributed by atoms with Crippen LogP contribution in [0.25, 0.3) is 0 Å². The summed E-state index contributed by atoms with van der Waals surface area (Å²) in [5, 5.41) is 3.69. The van der Waals surface area contributed by atoms with Crippen molar-refractivity contribution in [1.82, 2.24) is 10.2 Å².